The minimum atomic E-state index is -4.64. The van der Waals surface area contributed by atoms with E-state index in [9.17, 15) is 18.0 Å². The van der Waals surface area contributed by atoms with E-state index in [-0.39, 0.29) is 0 Å². The Hall–Kier alpha value is -2.25. The van der Waals surface area contributed by atoms with Gasteiger partial charge in [-0.05, 0) is 48.6 Å². The SMILES string of the molecule is CC(OC(=O)[C@H]1[C@@H](C=C(Cl)C(F)(F)F)C1(C)C)c1cccc(Oc2ccc(Cl)cc2)n1. The highest BCUT2D eigenvalue weighted by atomic mass is 35.5. The number of ether oxygens (including phenoxy) is 2. The highest BCUT2D eigenvalue weighted by molar-refractivity contribution is 6.30. The molecule has 4 nitrogen and oxygen atoms in total. The van der Waals surface area contributed by atoms with Crippen LogP contribution in [0.1, 0.15) is 32.6 Å². The Labute approximate surface area is 188 Å². The van der Waals surface area contributed by atoms with Gasteiger partial charge >= 0.3 is 12.1 Å². The molecule has 1 aliphatic carbocycles. The average Bonchev–Trinajstić information content (AvgIpc) is 3.23. The van der Waals surface area contributed by atoms with Crippen molar-refractivity contribution in [3.8, 4) is 11.6 Å². The lowest BCUT2D eigenvalue weighted by Gasteiger charge is -2.14. The second-order valence-electron chi connectivity index (χ2n) is 7.87. The van der Waals surface area contributed by atoms with Crippen LogP contribution in [0.2, 0.25) is 5.02 Å². The summed E-state index contributed by atoms with van der Waals surface area (Å²) in [5.74, 6) is -1.15. The molecule has 0 aliphatic heterocycles. The smallest absolute Gasteiger partial charge is 0.426 e. The molecule has 0 N–H and O–H groups in total. The van der Waals surface area contributed by atoms with Gasteiger partial charge in [0, 0.05) is 11.1 Å². The third-order valence-corrected chi connectivity index (χ3v) is 5.84. The molecule has 0 spiro atoms. The highest BCUT2D eigenvalue weighted by Crippen LogP contribution is 2.60. The Kier molecular flexibility index (Phi) is 6.58. The normalized spacial score (nSPS) is 21.4. The van der Waals surface area contributed by atoms with Gasteiger partial charge in [0.05, 0.1) is 11.6 Å². The van der Waals surface area contributed by atoms with Crippen LogP contribution in [0.15, 0.2) is 53.6 Å². The molecule has 0 amide bonds. The second-order valence-corrected chi connectivity index (χ2v) is 8.72. The fourth-order valence-electron chi connectivity index (χ4n) is 3.34. The molecule has 3 rings (SSSR count). The Morgan fingerprint density at radius 3 is 2.45 bits per heavy atom. The van der Waals surface area contributed by atoms with Gasteiger partial charge in [0.2, 0.25) is 5.88 Å². The van der Waals surface area contributed by atoms with Crippen molar-refractivity contribution in [3.63, 3.8) is 0 Å². The molecule has 9 heteroatoms. The van der Waals surface area contributed by atoms with Crippen LogP contribution in [0.3, 0.4) is 0 Å². The van der Waals surface area contributed by atoms with Gasteiger partial charge in [-0.1, -0.05) is 49.2 Å². The number of rotatable bonds is 6. The van der Waals surface area contributed by atoms with Gasteiger partial charge in [0.15, 0.2) is 0 Å². The van der Waals surface area contributed by atoms with Crippen LogP contribution in [-0.4, -0.2) is 17.1 Å². The van der Waals surface area contributed by atoms with Crippen LogP contribution in [0.4, 0.5) is 13.2 Å². The fourth-order valence-corrected chi connectivity index (χ4v) is 3.60. The van der Waals surface area contributed by atoms with Crippen molar-refractivity contribution in [2.24, 2.45) is 17.3 Å². The summed E-state index contributed by atoms with van der Waals surface area (Å²) in [7, 11) is 0. The van der Waals surface area contributed by atoms with Crippen LogP contribution in [0, 0.1) is 17.3 Å². The van der Waals surface area contributed by atoms with E-state index in [4.69, 9.17) is 32.7 Å². The van der Waals surface area contributed by atoms with E-state index in [0.29, 0.717) is 22.3 Å². The van der Waals surface area contributed by atoms with Crippen molar-refractivity contribution in [1.29, 1.82) is 0 Å². The number of pyridine rings is 1. The Morgan fingerprint density at radius 1 is 1.19 bits per heavy atom. The predicted molar refractivity (Wildman–Crippen MR) is 111 cm³/mol. The van der Waals surface area contributed by atoms with Gasteiger partial charge in [0.1, 0.15) is 16.9 Å². The Balaban J connectivity index is 1.67. The zero-order valence-corrected chi connectivity index (χ0v) is 18.4. The number of carbonyl (C=O) groups is 1. The number of halogens is 5. The van der Waals surface area contributed by atoms with Gasteiger partial charge in [0.25, 0.3) is 0 Å². The molecular weight excluding hydrogens is 454 g/mol. The maximum atomic E-state index is 12.7. The summed E-state index contributed by atoms with van der Waals surface area (Å²) in [6, 6.07) is 11.8. The van der Waals surface area contributed by atoms with Gasteiger partial charge in [-0.2, -0.15) is 13.2 Å². The number of alkyl halides is 3. The molecule has 0 bridgehead atoms. The molecule has 1 aromatic heterocycles. The molecule has 1 saturated carbocycles. The lowest BCUT2D eigenvalue weighted by Crippen LogP contribution is -2.14. The van der Waals surface area contributed by atoms with Crippen molar-refractivity contribution in [2.75, 3.05) is 0 Å². The van der Waals surface area contributed by atoms with Crippen LogP contribution >= 0.6 is 23.2 Å². The van der Waals surface area contributed by atoms with Crippen molar-refractivity contribution in [2.45, 2.75) is 33.1 Å². The summed E-state index contributed by atoms with van der Waals surface area (Å²) < 4.78 is 49.3. The van der Waals surface area contributed by atoms with Gasteiger partial charge in [-0.25, -0.2) is 4.98 Å². The number of hydrogen-bond donors (Lipinski definition) is 0. The summed E-state index contributed by atoms with van der Waals surface area (Å²) in [6.07, 6.45) is -4.48. The van der Waals surface area contributed by atoms with Crippen LogP contribution in [0.25, 0.3) is 0 Å². The van der Waals surface area contributed by atoms with E-state index >= 15 is 0 Å². The predicted octanol–water partition coefficient (Wildman–Crippen LogP) is 7.09. The van der Waals surface area contributed by atoms with Gasteiger partial charge in [-0.3, -0.25) is 4.79 Å². The van der Waals surface area contributed by atoms with Crippen LogP contribution in [-0.2, 0) is 9.53 Å². The van der Waals surface area contributed by atoms with Gasteiger partial charge < -0.3 is 9.47 Å². The second kappa shape index (κ2) is 8.71. The summed E-state index contributed by atoms with van der Waals surface area (Å²) in [5, 5.41) is -0.662. The lowest BCUT2D eigenvalue weighted by molar-refractivity contribution is -0.151. The molecule has 1 unspecified atom stereocenters. The van der Waals surface area contributed by atoms with Crippen molar-refractivity contribution < 1.29 is 27.4 Å². The molecule has 166 valence electrons. The van der Waals surface area contributed by atoms with E-state index in [1.165, 1.54) is 0 Å². The first-order valence-corrected chi connectivity index (χ1v) is 10.2. The van der Waals surface area contributed by atoms with Gasteiger partial charge in [-0.15, -0.1) is 0 Å². The van der Waals surface area contributed by atoms with Crippen LogP contribution in [0.5, 0.6) is 11.6 Å². The van der Waals surface area contributed by atoms with Crippen molar-refractivity contribution in [1.82, 2.24) is 4.98 Å². The first kappa shape index (κ1) is 23.4. The van der Waals surface area contributed by atoms with Crippen molar-refractivity contribution >= 4 is 29.2 Å². The van der Waals surface area contributed by atoms with E-state index in [2.05, 4.69) is 4.98 Å². The molecular formula is C22H20Cl2F3NO3. The Morgan fingerprint density at radius 2 is 1.84 bits per heavy atom. The zero-order chi connectivity index (χ0) is 23.0. The molecule has 1 fully saturated rings. The lowest BCUT2D eigenvalue weighted by atomic mass is 10.1. The summed E-state index contributed by atoms with van der Waals surface area (Å²) in [6.45, 7) is 5.03. The minimum absolute atomic E-state index is 0.298. The van der Waals surface area contributed by atoms with E-state index in [0.717, 1.165) is 6.08 Å². The molecule has 1 heterocycles. The first-order valence-electron chi connectivity index (χ1n) is 9.45. The third-order valence-electron chi connectivity index (χ3n) is 5.25. The van der Waals surface area contributed by atoms with Crippen molar-refractivity contribution in [3.05, 3.63) is 64.3 Å². The quantitative estimate of drug-likeness (QED) is 0.420. The monoisotopic (exact) mass is 473 g/mol. The maximum absolute atomic E-state index is 12.7. The number of nitrogens with zero attached hydrogens (tertiary/aromatic N) is 1. The van der Waals surface area contributed by atoms with E-state index < -0.39 is 40.5 Å². The largest absolute Gasteiger partial charge is 0.456 e. The standard InChI is InChI=1S/C22H20Cl2F3NO3/c1-12(16-5-4-6-18(28-16)31-14-9-7-13(23)8-10-14)30-20(29)19-15(21(19,2)3)11-17(24)22(25,26)27/h4-12,15,19H,1-3H3/t12?,15-,19-/m1/s1. The summed E-state index contributed by atoms with van der Waals surface area (Å²) >= 11 is 11.2. The molecule has 2 aromatic rings. The summed E-state index contributed by atoms with van der Waals surface area (Å²) in [4.78, 5) is 17.0. The highest BCUT2D eigenvalue weighted by Gasteiger charge is 2.62. The molecule has 0 saturated heterocycles. The zero-order valence-electron chi connectivity index (χ0n) is 16.9. The average molecular weight is 474 g/mol. The molecule has 31 heavy (non-hydrogen) atoms. The topological polar surface area (TPSA) is 48.4 Å². The molecule has 3 atom stereocenters. The number of carbonyl (C=O) groups excluding carboxylic acids is 1. The minimum Gasteiger partial charge on any atom is -0.456 e. The molecule has 0 radical (unpaired) electrons. The fraction of sp³-hybridized carbons (Fsp3) is 0.364. The number of allylic oxidation sites excluding steroid dienone is 2. The first-order chi connectivity index (χ1) is 14.4. The number of aromatic nitrogens is 1. The Bertz CT molecular complexity index is 990. The van der Waals surface area contributed by atoms with Crippen LogP contribution < -0.4 is 4.74 Å². The third kappa shape index (κ3) is 5.52. The number of hydrogen-bond acceptors (Lipinski definition) is 4. The van der Waals surface area contributed by atoms with E-state index in [1.54, 1.807) is 63.2 Å². The number of esters is 1. The summed E-state index contributed by atoms with van der Waals surface area (Å²) in [5.41, 5.74) is -0.242. The maximum Gasteiger partial charge on any atom is 0.426 e. The van der Waals surface area contributed by atoms with E-state index in [1.807, 2.05) is 0 Å². The number of benzene rings is 1. The molecule has 1 aliphatic rings. The molecule has 1 aromatic carbocycles.